The van der Waals surface area contributed by atoms with Crippen molar-refractivity contribution in [1.29, 1.82) is 0 Å². The van der Waals surface area contributed by atoms with Crippen LogP contribution in [-0.2, 0) is 14.8 Å². The van der Waals surface area contributed by atoms with Crippen LogP contribution in [0, 0.1) is 0 Å². The van der Waals surface area contributed by atoms with E-state index in [0.717, 1.165) is 24.9 Å². The van der Waals surface area contributed by atoms with Gasteiger partial charge < -0.3 is 15.0 Å². The minimum atomic E-state index is -3.33. The quantitative estimate of drug-likeness (QED) is 0.593. The van der Waals surface area contributed by atoms with Crippen LogP contribution in [0.15, 0.2) is 48.5 Å². The predicted octanol–water partition coefficient (Wildman–Crippen LogP) is 4.11. The molecule has 1 aliphatic rings. The van der Waals surface area contributed by atoms with Crippen LogP contribution in [0.1, 0.15) is 51.1 Å². The minimum absolute atomic E-state index is 0.142. The Labute approximate surface area is 197 Å². The third kappa shape index (κ3) is 6.63. The second kappa shape index (κ2) is 10.9. The molecule has 7 nitrogen and oxygen atoms in total. The molecule has 1 saturated heterocycles. The van der Waals surface area contributed by atoms with Crippen LogP contribution in [-0.4, -0.2) is 46.8 Å². The Morgan fingerprint density at radius 2 is 1.67 bits per heavy atom. The number of piperidine rings is 1. The Morgan fingerprint density at radius 3 is 2.21 bits per heavy atom. The van der Waals surface area contributed by atoms with Crippen molar-refractivity contribution in [2.24, 2.45) is 0 Å². The van der Waals surface area contributed by atoms with Crippen molar-refractivity contribution < 1.29 is 17.9 Å². The summed E-state index contributed by atoms with van der Waals surface area (Å²) in [5.41, 5.74) is 2.81. The Kier molecular flexibility index (Phi) is 8.24. The van der Waals surface area contributed by atoms with Gasteiger partial charge in [-0.3, -0.25) is 9.10 Å². The Balaban J connectivity index is 1.58. The van der Waals surface area contributed by atoms with Crippen molar-refractivity contribution in [3.8, 4) is 5.75 Å². The van der Waals surface area contributed by atoms with Crippen LogP contribution >= 0.6 is 0 Å². The summed E-state index contributed by atoms with van der Waals surface area (Å²) < 4.78 is 30.5. The van der Waals surface area contributed by atoms with Crippen molar-refractivity contribution in [2.75, 3.05) is 35.6 Å². The molecule has 2 atom stereocenters. The normalized spacial score (nSPS) is 16.1. The fourth-order valence-electron chi connectivity index (χ4n) is 3.93. The van der Waals surface area contributed by atoms with Gasteiger partial charge in [-0.15, -0.1) is 0 Å². The fraction of sp³-hybridized carbons (Fsp3) is 0.480. The second-order valence-electron chi connectivity index (χ2n) is 8.61. The molecule has 1 amide bonds. The first-order valence-corrected chi connectivity index (χ1v) is 13.4. The monoisotopic (exact) mass is 473 g/mol. The van der Waals surface area contributed by atoms with Crippen LogP contribution < -0.4 is 19.3 Å². The van der Waals surface area contributed by atoms with Gasteiger partial charge in [-0.25, -0.2) is 8.42 Å². The highest BCUT2D eigenvalue weighted by molar-refractivity contribution is 7.92. The molecule has 0 radical (unpaired) electrons. The van der Waals surface area contributed by atoms with Gasteiger partial charge in [0.05, 0.1) is 18.0 Å². The molecule has 1 N–H and O–H groups in total. The summed E-state index contributed by atoms with van der Waals surface area (Å²) >= 11 is 0. The molecule has 2 unspecified atom stereocenters. The number of anilines is 2. The Morgan fingerprint density at radius 1 is 1.06 bits per heavy atom. The van der Waals surface area contributed by atoms with Crippen molar-refractivity contribution in [2.45, 2.75) is 51.7 Å². The molecule has 0 aliphatic carbocycles. The number of carbonyl (C=O) groups excluding carboxylic acids is 1. The first kappa shape index (κ1) is 24.9. The molecular weight excluding hydrogens is 438 g/mol. The Bertz CT molecular complexity index is 1020. The van der Waals surface area contributed by atoms with E-state index in [1.54, 1.807) is 24.3 Å². The number of ether oxygens (including phenoxy) is 1. The summed E-state index contributed by atoms with van der Waals surface area (Å²) in [6, 6.07) is 14.9. The molecule has 1 fully saturated rings. The largest absolute Gasteiger partial charge is 0.481 e. The summed E-state index contributed by atoms with van der Waals surface area (Å²) in [4.78, 5) is 15.3. The van der Waals surface area contributed by atoms with Crippen molar-refractivity contribution in [1.82, 2.24) is 5.32 Å². The summed E-state index contributed by atoms with van der Waals surface area (Å²) in [7, 11) is -1.84. The van der Waals surface area contributed by atoms with E-state index >= 15 is 0 Å². The van der Waals surface area contributed by atoms with Crippen LogP contribution in [0.4, 0.5) is 11.4 Å². The number of benzene rings is 2. The van der Waals surface area contributed by atoms with E-state index in [9.17, 15) is 13.2 Å². The second-order valence-corrected chi connectivity index (χ2v) is 10.6. The number of nitrogens with zero attached hydrogens (tertiary/aromatic N) is 2. The lowest BCUT2D eigenvalue weighted by Crippen LogP contribution is -2.39. The number of amides is 1. The maximum Gasteiger partial charge on any atom is 0.261 e. The number of carbonyl (C=O) groups is 1. The van der Waals surface area contributed by atoms with E-state index in [-0.39, 0.29) is 11.9 Å². The van der Waals surface area contributed by atoms with E-state index in [1.807, 2.05) is 13.8 Å². The number of nitrogens with one attached hydrogen (secondary N) is 1. The smallest absolute Gasteiger partial charge is 0.261 e. The van der Waals surface area contributed by atoms with Gasteiger partial charge in [0.15, 0.2) is 6.10 Å². The SMILES string of the molecule is CCC(Oc1ccc(N(C)S(C)(=O)=O)cc1)C(=O)NC(C)c1ccc(N2CCCCC2)cc1. The lowest BCUT2D eigenvalue weighted by molar-refractivity contribution is -0.128. The summed E-state index contributed by atoms with van der Waals surface area (Å²) in [6.45, 7) is 6.07. The zero-order valence-corrected chi connectivity index (χ0v) is 20.8. The van der Waals surface area contributed by atoms with Gasteiger partial charge in [-0.1, -0.05) is 19.1 Å². The van der Waals surface area contributed by atoms with Crippen molar-refractivity contribution in [3.63, 3.8) is 0 Å². The maximum absolute atomic E-state index is 12.9. The van der Waals surface area contributed by atoms with E-state index in [0.29, 0.717) is 17.9 Å². The van der Waals surface area contributed by atoms with Crippen molar-refractivity contribution in [3.05, 3.63) is 54.1 Å². The van der Waals surface area contributed by atoms with E-state index in [4.69, 9.17) is 4.74 Å². The topological polar surface area (TPSA) is 78.9 Å². The van der Waals surface area contributed by atoms with Gasteiger partial charge in [0.2, 0.25) is 10.0 Å². The van der Waals surface area contributed by atoms with E-state index in [1.165, 1.54) is 36.3 Å². The lowest BCUT2D eigenvalue weighted by atomic mass is 10.1. The molecule has 33 heavy (non-hydrogen) atoms. The summed E-state index contributed by atoms with van der Waals surface area (Å²) in [6.07, 6.45) is 4.81. The minimum Gasteiger partial charge on any atom is -0.481 e. The molecule has 2 aromatic carbocycles. The zero-order chi connectivity index (χ0) is 24.0. The molecule has 1 aliphatic heterocycles. The predicted molar refractivity (Wildman–Crippen MR) is 133 cm³/mol. The van der Waals surface area contributed by atoms with Crippen LogP contribution in [0.3, 0.4) is 0 Å². The molecule has 8 heteroatoms. The first-order chi connectivity index (χ1) is 15.7. The highest BCUT2D eigenvalue weighted by Crippen LogP contribution is 2.24. The maximum atomic E-state index is 12.9. The molecule has 2 aromatic rings. The number of hydrogen-bond acceptors (Lipinski definition) is 5. The van der Waals surface area contributed by atoms with E-state index in [2.05, 4.69) is 34.5 Å². The highest BCUT2D eigenvalue weighted by Gasteiger charge is 2.21. The highest BCUT2D eigenvalue weighted by atomic mass is 32.2. The number of sulfonamides is 1. The molecule has 3 rings (SSSR count). The van der Waals surface area contributed by atoms with Crippen molar-refractivity contribution >= 4 is 27.3 Å². The standard InChI is InChI=1S/C25H35N3O4S/c1-5-24(32-23-15-13-21(14-16-23)27(3)33(4,30)31)25(29)26-19(2)20-9-11-22(12-10-20)28-17-7-6-8-18-28/h9-16,19,24H,5-8,17-18H2,1-4H3,(H,26,29). The van der Waals surface area contributed by atoms with Gasteiger partial charge in [0, 0.05) is 25.8 Å². The average Bonchev–Trinajstić information content (AvgIpc) is 2.82. The Hall–Kier alpha value is -2.74. The lowest BCUT2D eigenvalue weighted by Gasteiger charge is -2.29. The number of rotatable bonds is 9. The molecule has 180 valence electrons. The summed E-state index contributed by atoms with van der Waals surface area (Å²) in [5, 5.41) is 3.05. The zero-order valence-electron chi connectivity index (χ0n) is 20.0. The first-order valence-electron chi connectivity index (χ1n) is 11.5. The average molecular weight is 474 g/mol. The third-order valence-electron chi connectivity index (χ3n) is 6.11. The molecule has 0 spiro atoms. The molecule has 0 bridgehead atoms. The van der Waals surface area contributed by atoms with Crippen LogP contribution in [0.5, 0.6) is 5.75 Å². The molecule has 1 heterocycles. The van der Waals surface area contributed by atoms with Crippen LogP contribution in [0.25, 0.3) is 0 Å². The molecular formula is C25H35N3O4S. The van der Waals surface area contributed by atoms with Gasteiger partial charge in [-0.05, 0) is 74.6 Å². The fourth-order valence-corrected chi connectivity index (χ4v) is 4.43. The van der Waals surface area contributed by atoms with Crippen LogP contribution in [0.2, 0.25) is 0 Å². The van der Waals surface area contributed by atoms with Gasteiger partial charge >= 0.3 is 0 Å². The summed E-state index contributed by atoms with van der Waals surface area (Å²) in [5.74, 6) is 0.337. The molecule has 0 saturated carbocycles. The van der Waals surface area contributed by atoms with Gasteiger partial charge in [-0.2, -0.15) is 0 Å². The third-order valence-corrected chi connectivity index (χ3v) is 7.32. The van der Waals surface area contributed by atoms with Gasteiger partial charge in [0.25, 0.3) is 5.91 Å². The number of hydrogen-bond donors (Lipinski definition) is 1. The molecule has 0 aromatic heterocycles. The van der Waals surface area contributed by atoms with E-state index < -0.39 is 16.1 Å². The van der Waals surface area contributed by atoms with Gasteiger partial charge in [0.1, 0.15) is 5.75 Å².